The third-order valence-electron chi connectivity index (χ3n) is 9.61. The highest BCUT2D eigenvalue weighted by molar-refractivity contribution is 6.26. The standard InChI is InChI=1S/C39H25N3O/c1-39(2)28-18-7-5-15-25(28)33-23-13-3-4-14-24(23)34-26-16-6-8-19-29(26)42(37(34)35(33)39)38-40-21-31-36(41-38)27-17-9-11-22-12-10-20-30(43-31)32(22)27/h3-21H,1-2H3. The number of benzene rings is 6. The number of fused-ring (bicyclic) bond motifs is 12. The van der Waals surface area contributed by atoms with Crippen LogP contribution in [0.1, 0.15) is 25.0 Å². The molecular weight excluding hydrogens is 526 g/mol. The Kier molecular flexibility index (Phi) is 4.23. The van der Waals surface area contributed by atoms with Crippen LogP contribution in [0.25, 0.3) is 71.7 Å². The summed E-state index contributed by atoms with van der Waals surface area (Å²) in [5.41, 5.74) is 9.23. The molecule has 43 heavy (non-hydrogen) atoms. The van der Waals surface area contributed by atoms with E-state index >= 15 is 0 Å². The molecule has 2 aromatic heterocycles. The zero-order valence-electron chi connectivity index (χ0n) is 23.7. The lowest BCUT2D eigenvalue weighted by Gasteiger charge is -2.24. The van der Waals surface area contributed by atoms with Gasteiger partial charge in [0, 0.05) is 27.1 Å². The van der Waals surface area contributed by atoms with Crippen molar-refractivity contribution in [1.29, 1.82) is 0 Å². The molecule has 10 rings (SSSR count). The number of para-hydroxylation sites is 1. The molecule has 0 bridgehead atoms. The van der Waals surface area contributed by atoms with Crippen LogP contribution in [-0.2, 0) is 5.41 Å². The maximum absolute atomic E-state index is 6.37. The van der Waals surface area contributed by atoms with Gasteiger partial charge in [0.1, 0.15) is 11.4 Å². The van der Waals surface area contributed by atoms with Crippen molar-refractivity contribution in [1.82, 2.24) is 14.5 Å². The van der Waals surface area contributed by atoms with Crippen LogP contribution in [0.4, 0.5) is 0 Å². The molecule has 6 aromatic carbocycles. The lowest BCUT2D eigenvalue weighted by molar-refractivity contribution is 0.481. The second-order valence-electron chi connectivity index (χ2n) is 12.2. The van der Waals surface area contributed by atoms with Crippen LogP contribution in [0.3, 0.4) is 0 Å². The first-order valence-corrected chi connectivity index (χ1v) is 14.8. The predicted octanol–water partition coefficient (Wildman–Crippen LogP) is 9.96. The topological polar surface area (TPSA) is 39.9 Å². The van der Waals surface area contributed by atoms with Crippen molar-refractivity contribution in [2.24, 2.45) is 0 Å². The first-order chi connectivity index (χ1) is 21.1. The number of aromatic nitrogens is 3. The van der Waals surface area contributed by atoms with E-state index in [4.69, 9.17) is 14.7 Å². The summed E-state index contributed by atoms with van der Waals surface area (Å²) in [5, 5.41) is 7.21. The number of ether oxygens (including phenoxy) is 1. The molecule has 0 fully saturated rings. The maximum Gasteiger partial charge on any atom is 0.235 e. The van der Waals surface area contributed by atoms with E-state index in [0.29, 0.717) is 11.7 Å². The van der Waals surface area contributed by atoms with Gasteiger partial charge in [-0.05, 0) is 50.5 Å². The zero-order chi connectivity index (χ0) is 28.4. The lowest BCUT2D eigenvalue weighted by atomic mass is 9.80. The van der Waals surface area contributed by atoms with E-state index in [1.54, 1.807) is 0 Å². The van der Waals surface area contributed by atoms with Gasteiger partial charge in [-0.3, -0.25) is 4.57 Å². The molecule has 0 amide bonds. The summed E-state index contributed by atoms with van der Waals surface area (Å²) in [4.78, 5) is 10.3. The van der Waals surface area contributed by atoms with E-state index < -0.39 is 0 Å². The monoisotopic (exact) mass is 551 g/mol. The minimum Gasteiger partial charge on any atom is -0.453 e. The molecule has 0 N–H and O–H groups in total. The van der Waals surface area contributed by atoms with Gasteiger partial charge >= 0.3 is 0 Å². The molecule has 0 atom stereocenters. The largest absolute Gasteiger partial charge is 0.453 e. The fourth-order valence-electron chi connectivity index (χ4n) is 7.84. The fourth-order valence-corrected chi connectivity index (χ4v) is 7.84. The predicted molar refractivity (Wildman–Crippen MR) is 174 cm³/mol. The third kappa shape index (κ3) is 2.81. The summed E-state index contributed by atoms with van der Waals surface area (Å²) in [6, 6.07) is 38.9. The van der Waals surface area contributed by atoms with Gasteiger partial charge in [0.2, 0.25) is 5.95 Å². The molecular formula is C39H25N3O. The van der Waals surface area contributed by atoms with Crippen molar-refractivity contribution >= 4 is 43.4 Å². The van der Waals surface area contributed by atoms with E-state index in [1.165, 1.54) is 49.3 Å². The molecule has 0 saturated carbocycles. The molecule has 1 aliphatic carbocycles. The quantitative estimate of drug-likeness (QED) is 0.204. The summed E-state index contributed by atoms with van der Waals surface area (Å²) in [7, 11) is 0. The van der Waals surface area contributed by atoms with Crippen LogP contribution in [0.5, 0.6) is 11.5 Å². The summed E-state index contributed by atoms with van der Waals surface area (Å²) in [6.45, 7) is 4.71. The second-order valence-corrected chi connectivity index (χ2v) is 12.2. The Morgan fingerprint density at radius 2 is 1.37 bits per heavy atom. The minimum absolute atomic E-state index is 0.220. The highest BCUT2D eigenvalue weighted by atomic mass is 16.5. The van der Waals surface area contributed by atoms with Crippen LogP contribution in [0.2, 0.25) is 0 Å². The van der Waals surface area contributed by atoms with Crippen molar-refractivity contribution in [3.8, 4) is 39.8 Å². The van der Waals surface area contributed by atoms with Crippen molar-refractivity contribution in [2.45, 2.75) is 19.3 Å². The highest BCUT2D eigenvalue weighted by Gasteiger charge is 2.40. The summed E-state index contributed by atoms with van der Waals surface area (Å²) in [5.74, 6) is 2.17. The van der Waals surface area contributed by atoms with Crippen LogP contribution < -0.4 is 4.74 Å². The molecule has 4 heteroatoms. The highest BCUT2D eigenvalue weighted by Crippen LogP contribution is 2.56. The Morgan fingerprint density at radius 1 is 0.651 bits per heavy atom. The van der Waals surface area contributed by atoms with Crippen LogP contribution in [-0.4, -0.2) is 14.5 Å². The molecule has 0 radical (unpaired) electrons. The van der Waals surface area contributed by atoms with Gasteiger partial charge in [0.05, 0.1) is 17.2 Å². The van der Waals surface area contributed by atoms with Gasteiger partial charge in [-0.15, -0.1) is 0 Å². The first kappa shape index (κ1) is 23.1. The molecule has 202 valence electrons. The van der Waals surface area contributed by atoms with Gasteiger partial charge in [-0.2, -0.15) is 0 Å². The molecule has 8 aromatic rings. The van der Waals surface area contributed by atoms with Gasteiger partial charge in [0.25, 0.3) is 0 Å². The van der Waals surface area contributed by atoms with E-state index in [2.05, 4.69) is 115 Å². The summed E-state index contributed by atoms with van der Waals surface area (Å²) >= 11 is 0. The Balaban J connectivity index is 1.39. The van der Waals surface area contributed by atoms with Gasteiger partial charge in [-0.25, -0.2) is 9.97 Å². The van der Waals surface area contributed by atoms with Crippen molar-refractivity contribution < 1.29 is 4.74 Å². The number of rotatable bonds is 1. The van der Waals surface area contributed by atoms with Crippen LogP contribution in [0, 0.1) is 0 Å². The van der Waals surface area contributed by atoms with E-state index in [0.717, 1.165) is 33.3 Å². The van der Waals surface area contributed by atoms with Crippen molar-refractivity contribution in [3.63, 3.8) is 0 Å². The fraction of sp³-hybridized carbons (Fsp3) is 0.0769. The number of nitrogens with zero attached hydrogens (tertiary/aromatic N) is 3. The van der Waals surface area contributed by atoms with Crippen LogP contribution in [0.15, 0.2) is 115 Å². The van der Waals surface area contributed by atoms with E-state index in [-0.39, 0.29) is 5.41 Å². The third-order valence-corrected chi connectivity index (χ3v) is 9.61. The number of hydrogen-bond donors (Lipinski definition) is 0. The second kappa shape index (κ2) is 7.87. The SMILES string of the molecule is CC1(C)c2ccccc2-c2c1c1c(c3ccccc23)c2ccccc2n1-c1ncc2c(n1)-c1cccc3cccc(c13)O2. The summed E-state index contributed by atoms with van der Waals surface area (Å²) in [6.07, 6.45) is 1.84. The lowest BCUT2D eigenvalue weighted by Crippen LogP contribution is -2.17. The average Bonchev–Trinajstić information content (AvgIpc) is 3.51. The van der Waals surface area contributed by atoms with Crippen molar-refractivity contribution in [2.75, 3.05) is 0 Å². The Labute approximate surface area is 247 Å². The molecule has 2 aliphatic rings. The van der Waals surface area contributed by atoms with Crippen molar-refractivity contribution in [3.05, 3.63) is 127 Å². The maximum atomic E-state index is 6.37. The van der Waals surface area contributed by atoms with Gasteiger partial charge in [-0.1, -0.05) is 111 Å². The minimum atomic E-state index is -0.220. The Bertz CT molecular complexity index is 2510. The number of hydrogen-bond acceptors (Lipinski definition) is 3. The average molecular weight is 552 g/mol. The summed E-state index contributed by atoms with van der Waals surface area (Å²) < 4.78 is 8.67. The molecule has 1 aliphatic heterocycles. The van der Waals surface area contributed by atoms with Crippen LogP contribution >= 0.6 is 0 Å². The first-order valence-electron chi connectivity index (χ1n) is 14.8. The molecule has 0 saturated heterocycles. The zero-order valence-corrected chi connectivity index (χ0v) is 23.7. The molecule has 4 nitrogen and oxygen atoms in total. The van der Waals surface area contributed by atoms with E-state index in [9.17, 15) is 0 Å². The van der Waals surface area contributed by atoms with E-state index in [1.807, 2.05) is 18.3 Å². The smallest absolute Gasteiger partial charge is 0.235 e. The molecule has 0 spiro atoms. The Hall–Kier alpha value is -5.48. The normalized spacial score (nSPS) is 14.2. The Morgan fingerprint density at radius 3 is 2.26 bits per heavy atom. The van der Waals surface area contributed by atoms with Gasteiger partial charge < -0.3 is 4.74 Å². The van der Waals surface area contributed by atoms with Gasteiger partial charge in [0.15, 0.2) is 5.75 Å². The molecule has 0 unspecified atom stereocenters. The molecule has 3 heterocycles.